The Labute approximate surface area is 80.2 Å². The molecule has 2 fully saturated rings. The van der Waals surface area contributed by atoms with E-state index in [1.165, 1.54) is 26.1 Å². The van der Waals surface area contributed by atoms with Gasteiger partial charge in [-0.05, 0) is 6.42 Å². The van der Waals surface area contributed by atoms with Gasteiger partial charge in [0.25, 0.3) is 0 Å². The van der Waals surface area contributed by atoms with E-state index in [2.05, 4.69) is 14.0 Å². The minimum atomic E-state index is 0.537. The van der Waals surface area contributed by atoms with Gasteiger partial charge in [-0.2, -0.15) is 0 Å². The first-order chi connectivity index (χ1) is 6.22. The van der Waals surface area contributed by atoms with Crippen LogP contribution in [0.2, 0.25) is 0 Å². The summed E-state index contributed by atoms with van der Waals surface area (Å²) in [7, 11) is 2.33. The fourth-order valence-electron chi connectivity index (χ4n) is 2.13. The van der Waals surface area contributed by atoms with Crippen molar-refractivity contribution in [2.45, 2.75) is 25.6 Å². The van der Waals surface area contributed by atoms with Gasteiger partial charge in [-0.25, -0.2) is 0 Å². The minimum absolute atomic E-state index is 0.537. The lowest BCUT2D eigenvalue weighted by atomic mass is 10.2. The van der Waals surface area contributed by atoms with Gasteiger partial charge in [0.2, 0.25) is 0 Å². The zero-order valence-electron chi connectivity index (χ0n) is 8.66. The number of rotatable bonds is 6. The molecular formula is C10H20NO2+. The number of epoxide rings is 2. The molecule has 2 rings (SSSR count). The summed E-state index contributed by atoms with van der Waals surface area (Å²) in [6, 6.07) is 0. The summed E-state index contributed by atoms with van der Waals surface area (Å²) in [5, 5.41) is 0. The molecule has 0 aromatic heterocycles. The van der Waals surface area contributed by atoms with Crippen LogP contribution in [0.1, 0.15) is 13.3 Å². The fourth-order valence-corrected chi connectivity index (χ4v) is 2.13. The summed E-state index contributed by atoms with van der Waals surface area (Å²) in [6.07, 6.45) is 2.32. The molecule has 2 unspecified atom stereocenters. The van der Waals surface area contributed by atoms with Gasteiger partial charge in [0, 0.05) is 0 Å². The van der Waals surface area contributed by atoms with E-state index in [0.717, 1.165) is 17.7 Å². The van der Waals surface area contributed by atoms with Crippen LogP contribution in [0.5, 0.6) is 0 Å². The van der Waals surface area contributed by atoms with E-state index in [9.17, 15) is 0 Å². The Morgan fingerprint density at radius 1 is 1.15 bits per heavy atom. The average Bonchev–Trinajstić information content (AvgIpc) is 2.85. The molecule has 0 saturated carbocycles. The Bertz CT molecular complexity index is 162. The van der Waals surface area contributed by atoms with Crippen LogP contribution in [-0.4, -0.2) is 56.6 Å². The molecule has 3 nitrogen and oxygen atoms in total. The molecular weight excluding hydrogens is 166 g/mol. The molecule has 2 aliphatic rings. The average molecular weight is 186 g/mol. The highest BCUT2D eigenvalue weighted by molar-refractivity contribution is 4.72. The molecule has 0 aromatic rings. The summed E-state index contributed by atoms with van der Waals surface area (Å²) in [5.41, 5.74) is 0. The lowest BCUT2D eigenvalue weighted by molar-refractivity contribution is -0.910. The van der Waals surface area contributed by atoms with Crippen molar-refractivity contribution >= 4 is 0 Å². The number of quaternary nitrogens is 1. The van der Waals surface area contributed by atoms with Crippen molar-refractivity contribution in [3.63, 3.8) is 0 Å². The summed E-state index contributed by atoms with van der Waals surface area (Å²) in [5.74, 6) is 0. The smallest absolute Gasteiger partial charge is 0.130 e. The molecule has 0 amide bonds. The molecule has 0 spiro atoms. The summed E-state index contributed by atoms with van der Waals surface area (Å²) < 4.78 is 11.7. The van der Waals surface area contributed by atoms with E-state index in [1.54, 1.807) is 0 Å². The minimum Gasteiger partial charge on any atom is -0.367 e. The number of likely N-dealkylation sites (N-methyl/N-ethyl adjacent to an activating group) is 1. The summed E-state index contributed by atoms with van der Waals surface area (Å²) in [6.45, 7) is 7.80. The molecule has 0 aromatic carbocycles. The van der Waals surface area contributed by atoms with Gasteiger partial charge in [-0.3, -0.25) is 0 Å². The molecule has 3 heteroatoms. The highest BCUT2D eigenvalue weighted by atomic mass is 16.6. The van der Waals surface area contributed by atoms with Crippen molar-refractivity contribution in [3.8, 4) is 0 Å². The number of hydrogen-bond donors (Lipinski definition) is 0. The highest BCUT2D eigenvalue weighted by Crippen LogP contribution is 2.21. The first-order valence-electron chi connectivity index (χ1n) is 5.28. The highest BCUT2D eigenvalue weighted by Gasteiger charge is 2.38. The first kappa shape index (κ1) is 9.44. The fraction of sp³-hybridized carbons (Fsp3) is 1.00. The molecule has 2 atom stereocenters. The monoisotopic (exact) mass is 186 g/mol. The van der Waals surface area contributed by atoms with Gasteiger partial charge in [-0.1, -0.05) is 6.92 Å². The van der Waals surface area contributed by atoms with Crippen LogP contribution in [0.25, 0.3) is 0 Å². The molecule has 0 N–H and O–H groups in total. The third kappa shape index (κ3) is 2.93. The van der Waals surface area contributed by atoms with E-state index in [1.807, 2.05) is 0 Å². The predicted molar refractivity (Wildman–Crippen MR) is 50.6 cm³/mol. The molecule has 0 aliphatic carbocycles. The van der Waals surface area contributed by atoms with Crippen molar-refractivity contribution in [2.24, 2.45) is 0 Å². The zero-order valence-corrected chi connectivity index (χ0v) is 8.66. The quantitative estimate of drug-likeness (QED) is 0.449. The van der Waals surface area contributed by atoms with Gasteiger partial charge in [0.1, 0.15) is 25.3 Å². The van der Waals surface area contributed by atoms with E-state index in [4.69, 9.17) is 9.47 Å². The van der Waals surface area contributed by atoms with E-state index < -0.39 is 0 Å². The second kappa shape index (κ2) is 3.56. The topological polar surface area (TPSA) is 25.1 Å². The molecule has 13 heavy (non-hydrogen) atoms. The second-order valence-electron chi connectivity index (χ2n) is 4.62. The van der Waals surface area contributed by atoms with E-state index in [0.29, 0.717) is 12.2 Å². The standard InChI is InChI=1S/C10H20NO2/c1-3-4-11(2,5-9-7-12-9)6-10-8-13-10/h9-10H,3-8H2,1-2H3/q+1. The van der Waals surface area contributed by atoms with Gasteiger partial charge >= 0.3 is 0 Å². The Hall–Kier alpha value is -0.120. The number of nitrogens with zero attached hydrogens (tertiary/aromatic N) is 1. The first-order valence-corrected chi connectivity index (χ1v) is 5.28. The SMILES string of the molecule is CCC[N+](C)(CC1CO1)CC1CO1. The largest absolute Gasteiger partial charge is 0.367 e. The predicted octanol–water partition coefficient (Wildman–Crippen LogP) is 0.641. The maximum atomic E-state index is 5.30. The van der Waals surface area contributed by atoms with Crippen LogP contribution in [-0.2, 0) is 9.47 Å². The summed E-state index contributed by atoms with van der Waals surface area (Å²) >= 11 is 0. The molecule has 76 valence electrons. The van der Waals surface area contributed by atoms with Crippen molar-refractivity contribution in [2.75, 3.05) is 39.9 Å². The number of hydrogen-bond acceptors (Lipinski definition) is 2. The van der Waals surface area contributed by atoms with Crippen LogP contribution in [0.3, 0.4) is 0 Å². The van der Waals surface area contributed by atoms with Gasteiger partial charge in [-0.15, -0.1) is 0 Å². The van der Waals surface area contributed by atoms with Crippen LogP contribution in [0, 0.1) is 0 Å². The van der Waals surface area contributed by atoms with Crippen LogP contribution < -0.4 is 0 Å². The number of ether oxygens (including phenoxy) is 2. The van der Waals surface area contributed by atoms with Crippen molar-refractivity contribution < 1.29 is 14.0 Å². The van der Waals surface area contributed by atoms with Crippen molar-refractivity contribution in [3.05, 3.63) is 0 Å². The Balaban J connectivity index is 1.82. The van der Waals surface area contributed by atoms with Crippen molar-refractivity contribution in [1.82, 2.24) is 0 Å². The normalized spacial score (nSPS) is 35.5. The molecule has 0 radical (unpaired) electrons. The van der Waals surface area contributed by atoms with Crippen molar-refractivity contribution in [1.29, 1.82) is 0 Å². The van der Waals surface area contributed by atoms with Gasteiger partial charge < -0.3 is 14.0 Å². The van der Waals surface area contributed by atoms with Crippen LogP contribution >= 0.6 is 0 Å². The molecule has 0 bridgehead atoms. The second-order valence-corrected chi connectivity index (χ2v) is 4.62. The molecule has 2 saturated heterocycles. The third-order valence-corrected chi connectivity index (χ3v) is 2.86. The maximum Gasteiger partial charge on any atom is 0.130 e. The Kier molecular flexibility index (Phi) is 2.58. The molecule has 2 aliphatic heterocycles. The van der Waals surface area contributed by atoms with E-state index >= 15 is 0 Å². The van der Waals surface area contributed by atoms with Gasteiger partial charge in [0.15, 0.2) is 0 Å². The zero-order chi connectivity index (χ0) is 9.31. The summed E-state index contributed by atoms with van der Waals surface area (Å²) in [4.78, 5) is 0. The lowest BCUT2D eigenvalue weighted by Crippen LogP contribution is -2.49. The Morgan fingerprint density at radius 2 is 1.62 bits per heavy atom. The third-order valence-electron chi connectivity index (χ3n) is 2.86. The lowest BCUT2D eigenvalue weighted by Gasteiger charge is -2.33. The van der Waals surface area contributed by atoms with E-state index in [-0.39, 0.29) is 0 Å². The van der Waals surface area contributed by atoms with Crippen LogP contribution in [0.15, 0.2) is 0 Å². The maximum absolute atomic E-state index is 5.30. The van der Waals surface area contributed by atoms with Gasteiger partial charge in [0.05, 0.1) is 26.8 Å². The Morgan fingerprint density at radius 3 is 1.92 bits per heavy atom. The van der Waals surface area contributed by atoms with Crippen LogP contribution in [0.4, 0.5) is 0 Å². The molecule has 2 heterocycles.